The van der Waals surface area contributed by atoms with Gasteiger partial charge in [0.2, 0.25) is 5.91 Å². The van der Waals surface area contributed by atoms with E-state index in [1.165, 1.54) is 11.3 Å². The normalized spacial score (nSPS) is 14.4. The zero-order valence-corrected chi connectivity index (χ0v) is 13.5. The Bertz CT molecular complexity index is 749. The lowest BCUT2D eigenvalue weighted by molar-refractivity contribution is -0.122. The molecule has 2 N–H and O–H groups in total. The van der Waals surface area contributed by atoms with Gasteiger partial charge in [-0.1, -0.05) is 18.2 Å². The molecular formula is C17H17N3O2S. The zero-order chi connectivity index (χ0) is 16.2. The van der Waals surface area contributed by atoms with Crippen molar-refractivity contribution in [1.82, 2.24) is 5.43 Å². The third-order valence-electron chi connectivity index (χ3n) is 3.57. The quantitative estimate of drug-likeness (QED) is 0.654. The maximum absolute atomic E-state index is 12.1. The van der Waals surface area contributed by atoms with Crippen LogP contribution < -0.4 is 10.7 Å². The number of carbonyl (C=O) groups excluding carboxylic acids is 2. The highest BCUT2D eigenvalue weighted by Gasteiger charge is 2.29. The van der Waals surface area contributed by atoms with Gasteiger partial charge >= 0.3 is 0 Å². The molecule has 1 aliphatic rings. The fraction of sp³-hybridized carbons (Fsp3) is 0.235. The van der Waals surface area contributed by atoms with Crippen LogP contribution in [-0.4, -0.2) is 17.5 Å². The molecule has 0 aliphatic heterocycles. The highest BCUT2D eigenvalue weighted by molar-refractivity contribution is 7.12. The van der Waals surface area contributed by atoms with Crippen molar-refractivity contribution in [2.45, 2.75) is 19.8 Å². The van der Waals surface area contributed by atoms with Crippen LogP contribution in [0, 0.1) is 5.92 Å². The lowest BCUT2D eigenvalue weighted by Crippen LogP contribution is -2.20. The van der Waals surface area contributed by atoms with Crippen molar-refractivity contribution in [3.05, 3.63) is 52.2 Å². The first-order valence-corrected chi connectivity index (χ1v) is 8.31. The van der Waals surface area contributed by atoms with Crippen LogP contribution >= 0.6 is 11.3 Å². The molecule has 2 aromatic rings. The Balaban J connectivity index is 1.67. The number of rotatable bonds is 5. The molecule has 0 radical (unpaired) electrons. The van der Waals surface area contributed by atoms with Crippen LogP contribution in [0.15, 0.2) is 46.9 Å². The number of amides is 2. The van der Waals surface area contributed by atoms with Gasteiger partial charge in [-0.15, -0.1) is 11.3 Å². The van der Waals surface area contributed by atoms with Crippen LogP contribution in [0.2, 0.25) is 0 Å². The number of hydrogen-bond acceptors (Lipinski definition) is 4. The minimum absolute atomic E-state index is 0.0218. The summed E-state index contributed by atoms with van der Waals surface area (Å²) in [5.74, 6) is -0.0248. The van der Waals surface area contributed by atoms with E-state index in [-0.39, 0.29) is 17.7 Å². The average Bonchev–Trinajstić information content (AvgIpc) is 3.26. The third kappa shape index (κ3) is 4.04. The highest BCUT2D eigenvalue weighted by atomic mass is 32.1. The summed E-state index contributed by atoms with van der Waals surface area (Å²) < 4.78 is 0. The van der Waals surface area contributed by atoms with Crippen molar-refractivity contribution in [2.75, 3.05) is 5.32 Å². The van der Waals surface area contributed by atoms with Gasteiger partial charge < -0.3 is 5.32 Å². The fourth-order valence-electron chi connectivity index (χ4n) is 2.06. The van der Waals surface area contributed by atoms with Crippen LogP contribution in [0.3, 0.4) is 0 Å². The minimum Gasteiger partial charge on any atom is -0.321 e. The number of hydrogen-bond donors (Lipinski definition) is 2. The first kappa shape index (κ1) is 15.4. The molecule has 1 fully saturated rings. The molecule has 0 saturated heterocycles. The summed E-state index contributed by atoms with van der Waals surface area (Å²) in [4.78, 5) is 24.3. The second kappa shape index (κ2) is 6.75. The van der Waals surface area contributed by atoms with Crippen LogP contribution in [0.1, 0.15) is 35.0 Å². The molecule has 6 heteroatoms. The van der Waals surface area contributed by atoms with Gasteiger partial charge in [0.15, 0.2) is 0 Å². The van der Waals surface area contributed by atoms with Gasteiger partial charge in [0.1, 0.15) is 0 Å². The number of nitrogens with zero attached hydrogens (tertiary/aromatic N) is 1. The number of anilines is 1. The van der Waals surface area contributed by atoms with Crippen molar-refractivity contribution in [2.24, 2.45) is 11.0 Å². The highest BCUT2D eigenvalue weighted by Crippen LogP contribution is 2.28. The second-order valence-electron chi connectivity index (χ2n) is 5.46. The Morgan fingerprint density at radius 3 is 2.74 bits per heavy atom. The van der Waals surface area contributed by atoms with Gasteiger partial charge in [-0.3, -0.25) is 9.59 Å². The summed E-state index contributed by atoms with van der Waals surface area (Å²) in [6.45, 7) is 1.83. The second-order valence-corrected chi connectivity index (χ2v) is 6.41. The van der Waals surface area contributed by atoms with Crippen molar-refractivity contribution in [3.8, 4) is 0 Å². The Morgan fingerprint density at radius 2 is 2.04 bits per heavy atom. The molecule has 0 bridgehead atoms. The van der Waals surface area contributed by atoms with E-state index in [1.54, 1.807) is 6.07 Å². The smallest absolute Gasteiger partial charge is 0.265 e. The monoisotopic (exact) mass is 327 g/mol. The minimum atomic E-state index is -0.131. The van der Waals surface area contributed by atoms with Crippen molar-refractivity contribution in [1.29, 1.82) is 0 Å². The summed E-state index contributed by atoms with van der Waals surface area (Å²) in [7, 11) is 0. The molecule has 1 aromatic carbocycles. The number of hydrazone groups is 1. The number of benzene rings is 1. The Kier molecular flexibility index (Phi) is 4.52. The van der Waals surface area contributed by atoms with Gasteiger partial charge in [0.25, 0.3) is 5.91 Å². The van der Waals surface area contributed by atoms with E-state index in [9.17, 15) is 9.59 Å². The van der Waals surface area contributed by atoms with E-state index in [2.05, 4.69) is 15.8 Å². The van der Waals surface area contributed by atoms with E-state index in [4.69, 9.17) is 0 Å². The molecule has 1 aliphatic carbocycles. The maximum Gasteiger partial charge on any atom is 0.265 e. The van der Waals surface area contributed by atoms with Gasteiger partial charge in [0, 0.05) is 11.6 Å². The largest absolute Gasteiger partial charge is 0.321 e. The van der Waals surface area contributed by atoms with E-state index in [1.807, 2.05) is 42.6 Å². The standard InChI is InChI=1S/C17H17N3O2S/c1-11(19-20-16(21)12-7-8-12)13-4-2-5-14(10-13)18-17(22)15-6-3-9-23-15/h2-6,9-10,12H,7-8H2,1H3,(H,18,22)(H,20,21)/b19-11-. The van der Waals surface area contributed by atoms with Gasteiger partial charge in [-0.05, 0) is 48.9 Å². The van der Waals surface area contributed by atoms with Crippen LogP contribution in [0.4, 0.5) is 5.69 Å². The van der Waals surface area contributed by atoms with E-state index in [0.29, 0.717) is 16.3 Å². The molecule has 23 heavy (non-hydrogen) atoms. The summed E-state index contributed by atoms with van der Waals surface area (Å²) in [5.41, 5.74) is 4.84. The van der Waals surface area contributed by atoms with Crippen molar-refractivity contribution < 1.29 is 9.59 Å². The molecule has 2 amide bonds. The first-order chi connectivity index (χ1) is 11.1. The maximum atomic E-state index is 12.1. The molecule has 1 saturated carbocycles. The number of thiophene rings is 1. The van der Waals surface area contributed by atoms with Crippen molar-refractivity contribution in [3.63, 3.8) is 0 Å². The summed E-state index contributed by atoms with van der Waals surface area (Å²) in [6.07, 6.45) is 1.90. The molecule has 0 unspecified atom stereocenters. The lowest BCUT2D eigenvalue weighted by atomic mass is 10.1. The SMILES string of the molecule is C/C(=N/NC(=O)C1CC1)c1cccc(NC(=O)c2cccs2)c1. The molecule has 118 valence electrons. The number of nitrogens with one attached hydrogen (secondary N) is 2. The Labute approximate surface area is 138 Å². The van der Waals surface area contributed by atoms with Gasteiger partial charge in [0.05, 0.1) is 10.6 Å². The molecule has 0 spiro atoms. The predicted molar refractivity (Wildman–Crippen MR) is 91.8 cm³/mol. The molecular weight excluding hydrogens is 310 g/mol. The Morgan fingerprint density at radius 1 is 1.22 bits per heavy atom. The topological polar surface area (TPSA) is 70.6 Å². The lowest BCUT2D eigenvalue weighted by Gasteiger charge is -2.07. The van der Waals surface area contributed by atoms with E-state index < -0.39 is 0 Å². The number of carbonyl (C=O) groups is 2. The zero-order valence-electron chi connectivity index (χ0n) is 12.7. The third-order valence-corrected chi connectivity index (χ3v) is 4.43. The summed E-state index contributed by atoms with van der Waals surface area (Å²) in [6, 6.07) is 11.0. The van der Waals surface area contributed by atoms with Crippen LogP contribution in [-0.2, 0) is 4.79 Å². The molecule has 0 atom stereocenters. The van der Waals surface area contributed by atoms with Crippen LogP contribution in [0.5, 0.6) is 0 Å². The Hall–Kier alpha value is -2.47. The molecule has 3 rings (SSSR count). The first-order valence-electron chi connectivity index (χ1n) is 7.43. The predicted octanol–water partition coefficient (Wildman–Crippen LogP) is 3.25. The molecule has 5 nitrogen and oxygen atoms in total. The summed E-state index contributed by atoms with van der Waals surface area (Å²) in [5, 5.41) is 8.86. The van der Waals surface area contributed by atoms with E-state index >= 15 is 0 Å². The van der Waals surface area contributed by atoms with Crippen LogP contribution in [0.25, 0.3) is 0 Å². The molecule has 1 heterocycles. The average molecular weight is 327 g/mol. The molecule has 1 aromatic heterocycles. The van der Waals surface area contributed by atoms with Crippen molar-refractivity contribution >= 4 is 34.6 Å². The van der Waals surface area contributed by atoms with Gasteiger partial charge in [-0.2, -0.15) is 5.10 Å². The summed E-state index contributed by atoms with van der Waals surface area (Å²) >= 11 is 1.40. The fourth-order valence-corrected chi connectivity index (χ4v) is 2.68. The van der Waals surface area contributed by atoms with E-state index in [0.717, 1.165) is 18.4 Å². The van der Waals surface area contributed by atoms with Gasteiger partial charge in [-0.25, -0.2) is 5.43 Å².